The van der Waals surface area contributed by atoms with Crippen LogP contribution in [0.1, 0.15) is 11.8 Å². The van der Waals surface area contributed by atoms with Crippen LogP contribution in [0.3, 0.4) is 0 Å². The third-order valence-corrected chi connectivity index (χ3v) is 5.23. The summed E-state index contributed by atoms with van der Waals surface area (Å²) >= 11 is 3.76. The molecule has 0 radical (unpaired) electrons. The summed E-state index contributed by atoms with van der Waals surface area (Å²) in [6.07, 6.45) is 1.02. The van der Waals surface area contributed by atoms with Gasteiger partial charge in [0.1, 0.15) is 0 Å². The average Bonchev–Trinajstić information content (AvgIpc) is 3.03. The van der Waals surface area contributed by atoms with Gasteiger partial charge in [-0.2, -0.15) is 0 Å². The zero-order chi connectivity index (χ0) is 20.6. The number of benzene rings is 1. The zero-order valence-electron chi connectivity index (χ0n) is 14.1. The van der Waals surface area contributed by atoms with E-state index in [1.54, 1.807) is 0 Å². The highest BCUT2D eigenvalue weighted by atomic mass is 32.2. The maximum absolute atomic E-state index is 10.4. The van der Waals surface area contributed by atoms with Crippen molar-refractivity contribution in [3.63, 3.8) is 0 Å². The average molecular weight is 416 g/mol. The second kappa shape index (κ2) is 10.4. The lowest BCUT2D eigenvalue weighted by atomic mass is 10.2. The van der Waals surface area contributed by atoms with E-state index in [1.165, 1.54) is 9.09 Å². The Morgan fingerprint density at radius 3 is 2.04 bits per heavy atom. The van der Waals surface area contributed by atoms with Crippen molar-refractivity contribution in [1.29, 1.82) is 0 Å². The van der Waals surface area contributed by atoms with Crippen LogP contribution in [0.15, 0.2) is 28.5 Å². The van der Waals surface area contributed by atoms with Crippen LogP contribution in [0.5, 0.6) is 5.75 Å². The molecule has 0 spiro atoms. The maximum atomic E-state index is 10.4. The van der Waals surface area contributed by atoms with Gasteiger partial charge in [-0.05, 0) is 30.9 Å². The topological polar surface area (TPSA) is 176 Å². The van der Waals surface area contributed by atoms with Gasteiger partial charge in [0.2, 0.25) is 0 Å². The van der Waals surface area contributed by atoms with Crippen molar-refractivity contribution in [2.24, 2.45) is 5.73 Å². The van der Waals surface area contributed by atoms with Gasteiger partial charge in [-0.3, -0.25) is 30.3 Å². The quantitative estimate of drug-likeness (QED) is 0.388. The Hall–Kier alpha value is -2.77. The lowest BCUT2D eigenvalue weighted by Gasteiger charge is -1.97. The number of hydrogen-bond donors (Lipinski definition) is 2. The van der Waals surface area contributed by atoms with E-state index < -0.39 is 37.6 Å². The fourth-order valence-corrected chi connectivity index (χ4v) is 3.94. The van der Waals surface area contributed by atoms with Gasteiger partial charge in [0.25, 0.3) is 11.4 Å². The van der Waals surface area contributed by atoms with Crippen molar-refractivity contribution in [2.75, 3.05) is 12.3 Å². The number of nitro groups is 3. The minimum atomic E-state index is -1.21. The van der Waals surface area contributed by atoms with Crippen LogP contribution in [-0.2, 0) is 6.42 Å². The Morgan fingerprint density at radius 1 is 1.07 bits per heavy atom. The fourth-order valence-electron chi connectivity index (χ4n) is 1.83. The molecule has 0 aliphatic carbocycles. The molecule has 0 amide bonds. The van der Waals surface area contributed by atoms with E-state index in [4.69, 9.17) is 10.8 Å². The number of thioether (sulfide) groups is 1. The summed E-state index contributed by atoms with van der Waals surface area (Å²) in [4.78, 5) is 29.2. The number of aromatic hydroxyl groups is 1. The van der Waals surface area contributed by atoms with Crippen LogP contribution in [-0.4, -0.2) is 32.2 Å². The van der Waals surface area contributed by atoms with Gasteiger partial charge >= 0.3 is 11.4 Å². The van der Waals surface area contributed by atoms with E-state index in [1.807, 2.05) is 23.1 Å². The molecule has 146 valence electrons. The van der Waals surface area contributed by atoms with Crippen LogP contribution in [0, 0.1) is 30.3 Å². The van der Waals surface area contributed by atoms with Crippen LogP contribution in [0.4, 0.5) is 17.1 Å². The van der Waals surface area contributed by atoms with E-state index in [9.17, 15) is 30.3 Å². The molecule has 11 nitrogen and oxygen atoms in total. The Balaban J connectivity index is 0.000000289. The number of phenols is 1. The van der Waals surface area contributed by atoms with Crippen molar-refractivity contribution >= 4 is 40.2 Å². The SMILES string of the molecule is CCSc1ccc(CCN)s1.O=[N+]([O-])c1cc([N+](=O)[O-])c(O)c([N+](=O)[O-])c1. The summed E-state index contributed by atoms with van der Waals surface area (Å²) in [7, 11) is 0. The van der Waals surface area contributed by atoms with E-state index in [0.717, 1.165) is 18.7 Å². The predicted molar refractivity (Wildman–Crippen MR) is 102 cm³/mol. The number of phenolic OH excluding ortho intramolecular Hbond substituents is 1. The molecule has 0 bridgehead atoms. The molecule has 3 N–H and O–H groups in total. The van der Waals surface area contributed by atoms with Crippen LogP contribution >= 0.6 is 23.1 Å². The molecule has 1 aromatic carbocycles. The van der Waals surface area contributed by atoms with Crippen molar-refractivity contribution < 1.29 is 19.9 Å². The van der Waals surface area contributed by atoms with Crippen LogP contribution < -0.4 is 5.73 Å². The lowest BCUT2D eigenvalue weighted by molar-refractivity contribution is -0.404. The van der Waals surface area contributed by atoms with Gasteiger partial charge < -0.3 is 10.8 Å². The standard InChI is InChI=1S/C8H13NS2.C6H3N3O7/c1-2-10-8-4-3-7(11-8)5-6-9;10-6-4(8(13)14)1-3(7(11)12)2-5(6)9(15)16/h3-4H,2,5-6,9H2,1H3;1-2,10H. The molecule has 0 aliphatic heterocycles. The number of hydrogen-bond acceptors (Lipinski definition) is 10. The third kappa shape index (κ3) is 6.47. The smallest absolute Gasteiger partial charge is 0.324 e. The maximum Gasteiger partial charge on any atom is 0.324 e. The molecule has 27 heavy (non-hydrogen) atoms. The van der Waals surface area contributed by atoms with Gasteiger partial charge in [0.05, 0.1) is 31.1 Å². The highest BCUT2D eigenvalue weighted by molar-refractivity contribution is 8.01. The minimum Gasteiger partial charge on any atom is -0.497 e. The van der Waals surface area contributed by atoms with Crippen LogP contribution in [0.2, 0.25) is 0 Å². The van der Waals surface area contributed by atoms with Crippen molar-refractivity contribution in [3.8, 4) is 5.75 Å². The predicted octanol–water partition coefficient (Wildman–Crippen LogP) is 3.48. The summed E-state index contributed by atoms with van der Waals surface area (Å²) in [6, 6.07) is 5.25. The monoisotopic (exact) mass is 416 g/mol. The first-order chi connectivity index (χ1) is 12.7. The van der Waals surface area contributed by atoms with Crippen LogP contribution in [0.25, 0.3) is 0 Å². The Labute approximate surface area is 161 Å². The van der Waals surface area contributed by atoms with Crippen molar-refractivity contribution in [2.45, 2.75) is 17.6 Å². The highest BCUT2D eigenvalue weighted by Gasteiger charge is 2.30. The van der Waals surface area contributed by atoms with E-state index >= 15 is 0 Å². The molecule has 1 heterocycles. The first-order valence-electron chi connectivity index (χ1n) is 7.43. The Kier molecular flexibility index (Phi) is 8.58. The molecule has 0 unspecified atom stereocenters. The Morgan fingerprint density at radius 2 is 1.63 bits per heavy atom. The third-order valence-electron chi connectivity index (χ3n) is 2.97. The number of thiophene rings is 1. The molecular weight excluding hydrogens is 400 g/mol. The summed E-state index contributed by atoms with van der Waals surface area (Å²) in [6.45, 7) is 2.93. The molecular formula is C14H16N4O7S2. The van der Waals surface area contributed by atoms with Gasteiger partial charge in [0.15, 0.2) is 0 Å². The highest BCUT2D eigenvalue weighted by Crippen LogP contribution is 2.38. The second-order valence-corrected chi connectivity index (χ2v) is 7.53. The summed E-state index contributed by atoms with van der Waals surface area (Å²) < 4.78 is 1.41. The van der Waals surface area contributed by atoms with Crippen molar-refractivity contribution in [3.05, 3.63) is 59.5 Å². The second-order valence-electron chi connectivity index (χ2n) is 4.80. The van der Waals surface area contributed by atoms with E-state index in [-0.39, 0.29) is 0 Å². The summed E-state index contributed by atoms with van der Waals surface area (Å²) in [5.74, 6) is -0.0524. The first kappa shape index (κ1) is 22.3. The molecule has 0 atom stereocenters. The Bertz CT molecular complexity index is 785. The van der Waals surface area contributed by atoms with E-state index in [0.29, 0.717) is 12.1 Å². The van der Waals surface area contributed by atoms with Gasteiger partial charge in [-0.25, -0.2) is 0 Å². The molecule has 2 rings (SSSR count). The fraction of sp³-hybridized carbons (Fsp3) is 0.286. The molecule has 0 saturated carbocycles. The summed E-state index contributed by atoms with van der Waals surface area (Å²) in [5.41, 5.74) is 2.44. The number of non-ortho nitro benzene ring substituents is 1. The molecule has 2 aromatic rings. The van der Waals surface area contributed by atoms with Gasteiger partial charge in [-0.15, -0.1) is 23.1 Å². The normalized spacial score (nSPS) is 10.0. The number of nitrogens with zero attached hydrogens (tertiary/aromatic N) is 3. The number of nitro benzene ring substituents is 3. The molecule has 1 aromatic heterocycles. The molecule has 0 aliphatic rings. The molecule has 0 saturated heterocycles. The van der Waals surface area contributed by atoms with Crippen molar-refractivity contribution in [1.82, 2.24) is 0 Å². The van der Waals surface area contributed by atoms with E-state index in [2.05, 4.69) is 19.1 Å². The largest absolute Gasteiger partial charge is 0.497 e. The van der Waals surface area contributed by atoms with Gasteiger partial charge in [0, 0.05) is 4.88 Å². The summed E-state index contributed by atoms with van der Waals surface area (Å²) in [5, 5.41) is 40.2. The first-order valence-corrected chi connectivity index (χ1v) is 9.23. The zero-order valence-corrected chi connectivity index (χ0v) is 15.7. The molecule has 0 fully saturated rings. The number of rotatable bonds is 7. The van der Waals surface area contributed by atoms with Gasteiger partial charge in [-0.1, -0.05) is 6.92 Å². The lowest BCUT2D eigenvalue weighted by Crippen LogP contribution is -2.00. The number of nitrogens with two attached hydrogens (primary N) is 1. The molecule has 13 heteroatoms. The minimum absolute atomic E-state index is 0.447.